The van der Waals surface area contributed by atoms with Gasteiger partial charge in [0.1, 0.15) is 0 Å². The van der Waals surface area contributed by atoms with E-state index in [0.29, 0.717) is 12.2 Å². The second kappa shape index (κ2) is 6.66. The van der Waals surface area contributed by atoms with Gasteiger partial charge in [0.15, 0.2) is 5.65 Å². The van der Waals surface area contributed by atoms with E-state index in [-0.39, 0.29) is 5.69 Å². The highest BCUT2D eigenvalue weighted by Crippen LogP contribution is 2.24. The molecule has 6 heteroatoms. The molecule has 2 aromatic carbocycles. The van der Waals surface area contributed by atoms with Crippen LogP contribution in [0.1, 0.15) is 5.56 Å². The normalized spacial score (nSPS) is 11.1. The molecule has 5 rings (SSSR count). The van der Waals surface area contributed by atoms with Crippen LogP contribution in [-0.2, 0) is 6.54 Å². The second-order valence-electron chi connectivity index (χ2n) is 6.52. The number of rotatable bonds is 4. The highest BCUT2D eigenvalue weighted by molar-refractivity contribution is 5.63. The van der Waals surface area contributed by atoms with Crippen LogP contribution in [0.2, 0.25) is 0 Å². The third-order valence-electron chi connectivity index (χ3n) is 4.67. The van der Waals surface area contributed by atoms with E-state index < -0.39 is 0 Å². The molecule has 6 nitrogen and oxygen atoms in total. The molecule has 0 atom stereocenters. The summed E-state index contributed by atoms with van der Waals surface area (Å²) in [5.41, 5.74) is 4.21. The maximum absolute atomic E-state index is 12.7. The lowest BCUT2D eigenvalue weighted by atomic mass is 10.1. The van der Waals surface area contributed by atoms with Gasteiger partial charge < -0.3 is 0 Å². The minimum atomic E-state index is -0.165. The molecule has 136 valence electrons. The number of pyridine rings is 1. The Hall–Kier alpha value is -3.93. The van der Waals surface area contributed by atoms with Gasteiger partial charge in [-0.15, -0.1) is 5.10 Å². The molecular formula is C22H17N5O. The Morgan fingerprint density at radius 2 is 1.50 bits per heavy atom. The number of para-hydroxylation sites is 1. The Morgan fingerprint density at radius 3 is 2.25 bits per heavy atom. The van der Waals surface area contributed by atoms with E-state index in [0.717, 1.165) is 22.5 Å². The second-order valence-corrected chi connectivity index (χ2v) is 6.52. The number of hydrogen-bond donors (Lipinski definition) is 0. The standard InChI is InChI=1S/C22H17N5O/c28-22-25-14-8-7-13-20(25)23-27(22)16-18-15-26(19-11-5-2-6-12-19)24-21(18)17-9-3-1-4-10-17/h1-15H,16H2. The molecule has 28 heavy (non-hydrogen) atoms. The van der Waals surface area contributed by atoms with Crippen LogP contribution < -0.4 is 5.69 Å². The van der Waals surface area contributed by atoms with Crippen molar-refractivity contribution < 1.29 is 0 Å². The van der Waals surface area contributed by atoms with E-state index in [1.54, 1.807) is 10.6 Å². The highest BCUT2D eigenvalue weighted by atomic mass is 16.2. The molecule has 0 spiro atoms. The molecule has 0 amide bonds. The summed E-state index contributed by atoms with van der Waals surface area (Å²) in [6, 6.07) is 25.4. The average Bonchev–Trinajstić information content (AvgIpc) is 3.31. The number of benzene rings is 2. The van der Waals surface area contributed by atoms with Gasteiger partial charge in [-0.25, -0.2) is 14.2 Å². The molecule has 0 N–H and O–H groups in total. The highest BCUT2D eigenvalue weighted by Gasteiger charge is 2.15. The summed E-state index contributed by atoms with van der Waals surface area (Å²) in [5, 5.41) is 9.25. The van der Waals surface area contributed by atoms with E-state index in [9.17, 15) is 4.79 Å². The predicted octanol–water partition coefficient (Wildman–Crippen LogP) is 3.40. The fraction of sp³-hybridized carbons (Fsp3) is 0.0455. The summed E-state index contributed by atoms with van der Waals surface area (Å²) < 4.78 is 4.87. The molecule has 0 aliphatic rings. The third kappa shape index (κ3) is 2.81. The lowest BCUT2D eigenvalue weighted by molar-refractivity contribution is 0.659. The summed E-state index contributed by atoms with van der Waals surface area (Å²) in [6.45, 7) is 0.345. The zero-order chi connectivity index (χ0) is 18.9. The van der Waals surface area contributed by atoms with Crippen molar-refractivity contribution in [3.05, 3.63) is 107 Å². The summed E-state index contributed by atoms with van der Waals surface area (Å²) in [4.78, 5) is 12.7. The third-order valence-corrected chi connectivity index (χ3v) is 4.67. The van der Waals surface area contributed by atoms with Gasteiger partial charge >= 0.3 is 5.69 Å². The van der Waals surface area contributed by atoms with E-state index in [2.05, 4.69) is 5.10 Å². The molecule has 0 bridgehead atoms. The zero-order valence-electron chi connectivity index (χ0n) is 15.0. The lowest BCUT2D eigenvalue weighted by Gasteiger charge is -2.01. The van der Waals surface area contributed by atoms with Crippen molar-refractivity contribution in [2.24, 2.45) is 0 Å². The van der Waals surface area contributed by atoms with Crippen molar-refractivity contribution in [2.45, 2.75) is 6.54 Å². The van der Waals surface area contributed by atoms with Crippen LogP contribution in [0.25, 0.3) is 22.6 Å². The molecular weight excluding hydrogens is 350 g/mol. The minimum absolute atomic E-state index is 0.165. The quantitative estimate of drug-likeness (QED) is 0.489. The fourth-order valence-corrected chi connectivity index (χ4v) is 3.31. The SMILES string of the molecule is O=c1n(Cc2cn(-c3ccccc3)nc2-c2ccccc2)nc2ccccn12. The van der Waals surface area contributed by atoms with E-state index in [4.69, 9.17) is 5.10 Å². The van der Waals surface area contributed by atoms with Crippen molar-refractivity contribution in [1.82, 2.24) is 24.0 Å². The van der Waals surface area contributed by atoms with Crippen LogP contribution in [0.3, 0.4) is 0 Å². The number of fused-ring (bicyclic) bond motifs is 1. The predicted molar refractivity (Wildman–Crippen MR) is 108 cm³/mol. The molecule has 3 heterocycles. The van der Waals surface area contributed by atoms with Gasteiger partial charge in [0.2, 0.25) is 0 Å². The molecule has 0 fully saturated rings. The van der Waals surface area contributed by atoms with Crippen molar-refractivity contribution in [1.29, 1.82) is 0 Å². The first-order chi connectivity index (χ1) is 13.8. The number of aromatic nitrogens is 5. The molecule has 3 aromatic heterocycles. The summed E-state index contributed by atoms with van der Waals surface area (Å²) >= 11 is 0. The Labute approximate surface area is 160 Å². The Balaban J connectivity index is 1.64. The first-order valence-corrected chi connectivity index (χ1v) is 9.03. The topological polar surface area (TPSA) is 57.1 Å². The van der Waals surface area contributed by atoms with E-state index in [1.165, 1.54) is 4.68 Å². The molecule has 0 aliphatic carbocycles. The summed E-state index contributed by atoms with van der Waals surface area (Å²) in [6.07, 6.45) is 3.70. The van der Waals surface area contributed by atoms with Crippen molar-refractivity contribution >= 4 is 5.65 Å². The van der Waals surface area contributed by atoms with Gasteiger partial charge in [-0.3, -0.25) is 4.40 Å². The molecule has 0 saturated carbocycles. The van der Waals surface area contributed by atoms with Gasteiger partial charge in [0.25, 0.3) is 0 Å². The van der Waals surface area contributed by atoms with Crippen LogP contribution in [0.4, 0.5) is 0 Å². The van der Waals surface area contributed by atoms with Crippen LogP contribution in [0.15, 0.2) is 96.1 Å². The molecule has 5 aromatic rings. The van der Waals surface area contributed by atoms with Gasteiger partial charge in [-0.2, -0.15) is 5.10 Å². The first-order valence-electron chi connectivity index (χ1n) is 9.03. The molecule has 0 radical (unpaired) electrons. The Morgan fingerprint density at radius 1 is 0.786 bits per heavy atom. The van der Waals surface area contributed by atoms with Gasteiger partial charge in [-0.1, -0.05) is 54.6 Å². The van der Waals surface area contributed by atoms with Gasteiger partial charge in [0, 0.05) is 23.5 Å². The molecule has 0 saturated heterocycles. The van der Waals surface area contributed by atoms with Crippen LogP contribution >= 0.6 is 0 Å². The maximum atomic E-state index is 12.7. The first kappa shape index (κ1) is 16.3. The monoisotopic (exact) mass is 367 g/mol. The Kier molecular flexibility index (Phi) is 3.87. The summed E-state index contributed by atoms with van der Waals surface area (Å²) in [5.74, 6) is 0. The maximum Gasteiger partial charge on any atom is 0.350 e. The smallest absolute Gasteiger partial charge is 0.250 e. The lowest BCUT2D eigenvalue weighted by Crippen LogP contribution is -2.21. The Bertz CT molecular complexity index is 1300. The van der Waals surface area contributed by atoms with Crippen LogP contribution in [-0.4, -0.2) is 24.0 Å². The van der Waals surface area contributed by atoms with E-state index >= 15 is 0 Å². The minimum Gasteiger partial charge on any atom is -0.250 e. The largest absolute Gasteiger partial charge is 0.350 e. The van der Waals surface area contributed by atoms with Crippen molar-refractivity contribution in [2.75, 3.05) is 0 Å². The molecule has 0 aliphatic heterocycles. The van der Waals surface area contributed by atoms with Crippen molar-refractivity contribution in [3.63, 3.8) is 0 Å². The fourth-order valence-electron chi connectivity index (χ4n) is 3.31. The van der Waals surface area contributed by atoms with Gasteiger partial charge in [0.05, 0.1) is 17.9 Å². The van der Waals surface area contributed by atoms with Crippen molar-refractivity contribution in [3.8, 4) is 16.9 Å². The zero-order valence-corrected chi connectivity index (χ0v) is 15.0. The molecule has 0 unspecified atom stereocenters. The van der Waals surface area contributed by atoms with E-state index in [1.807, 2.05) is 89.7 Å². The van der Waals surface area contributed by atoms with Crippen LogP contribution in [0, 0.1) is 0 Å². The van der Waals surface area contributed by atoms with Gasteiger partial charge in [-0.05, 0) is 24.3 Å². The average molecular weight is 367 g/mol. The number of nitrogens with zero attached hydrogens (tertiary/aromatic N) is 5. The number of hydrogen-bond acceptors (Lipinski definition) is 3. The van der Waals surface area contributed by atoms with Crippen LogP contribution in [0.5, 0.6) is 0 Å². The summed E-state index contributed by atoms with van der Waals surface area (Å²) in [7, 11) is 0.